The molecular weight excluding hydrogens is 283 g/mol. The van der Waals surface area contributed by atoms with Gasteiger partial charge >= 0.3 is 6.18 Å². The first-order valence-electron chi connectivity index (χ1n) is 7.17. The lowest BCUT2D eigenvalue weighted by atomic mass is 9.64. The highest BCUT2D eigenvalue weighted by atomic mass is 19.4. The van der Waals surface area contributed by atoms with Crippen LogP contribution in [0.3, 0.4) is 0 Å². The number of imidazole rings is 1. The maximum atomic E-state index is 13.4. The van der Waals surface area contributed by atoms with Gasteiger partial charge in [-0.1, -0.05) is 13.8 Å². The Morgan fingerprint density at radius 1 is 1.38 bits per heavy atom. The Balaban J connectivity index is 2.07. The molecule has 2 atom stereocenters. The normalized spacial score (nSPS) is 28.1. The molecule has 1 saturated carbocycles. The number of hydrogen-bond donors (Lipinski definition) is 1. The van der Waals surface area contributed by atoms with Crippen molar-refractivity contribution in [2.75, 3.05) is 13.7 Å². The third-order valence-electron chi connectivity index (χ3n) is 4.90. The number of alkyl halides is 3. The van der Waals surface area contributed by atoms with Crippen molar-refractivity contribution in [3.05, 3.63) is 17.2 Å². The largest absolute Gasteiger partial charge is 0.449 e. The van der Waals surface area contributed by atoms with E-state index in [4.69, 9.17) is 4.74 Å². The zero-order valence-corrected chi connectivity index (χ0v) is 12.4. The molecule has 0 radical (unpaired) electrons. The van der Waals surface area contributed by atoms with Gasteiger partial charge in [-0.05, 0) is 6.42 Å². The van der Waals surface area contributed by atoms with Gasteiger partial charge in [0.1, 0.15) is 0 Å². The third kappa shape index (κ3) is 2.17. The van der Waals surface area contributed by atoms with Gasteiger partial charge < -0.3 is 14.6 Å². The molecule has 118 valence electrons. The van der Waals surface area contributed by atoms with Gasteiger partial charge in [0.25, 0.3) is 0 Å². The Labute approximate surface area is 121 Å². The molecule has 7 heteroatoms. The molecule has 0 aromatic carbocycles. The predicted octanol–water partition coefficient (Wildman–Crippen LogP) is 2.53. The minimum atomic E-state index is -4.43. The highest BCUT2D eigenvalue weighted by molar-refractivity contribution is 5.25. The second kappa shape index (κ2) is 4.71. The predicted molar refractivity (Wildman–Crippen MR) is 70.9 cm³/mol. The number of nitrogens with one attached hydrogen (secondary N) is 1. The lowest BCUT2D eigenvalue weighted by Crippen LogP contribution is -2.52. The van der Waals surface area contributed by atoms with Crippen LogP contribution in [0.5, 0.6) is 0 Å². The minimum absolute atomic E-state index is 0.0108. The van der Waals surface area contributed by atoms with Gasteiger partial charge in [-0.25, -0.2) is 4.98 Å². The average Bonchev–Trinajstić information content (AvgIpc) is 2.78. The zero-order chi connectivity index (χ0) is 15.4. The van der Waals surface area contributed by atoms with Crippen molar-refractivity contribution in [2.24, 2.45) is 5.41 Å². The van der Waals surface area contributed by atoms with Crippen molar-refractivity contribution >= 4 is 0 Å². The van der Waals surface area contributed by atoms with Crippen molar-refractivity contribution < 1.29 is 17.9 Å². The number of hydrogen-bond acceptors (Lipinski definition) is 3. The summed E-state index contributed by atoms with van der Waals surface area (Å²) in [6.07, 6.45) is -3.25. The molecule has 1 aliphatic carbocycles. The highest BCUT2D eigenvalue weighted by Crippen LogP contribution is 2.53. The van der Waals surface area contributed by atoms with E-state index in [1.807, 2.05) is 13.8 Å². The summed E-state index contributed by atoms with van der Waals surface area (Å²) < 4.78 is 46.9. The molecule has 21 heavy (non-hydrogen) atoms. The van der Waals surface area contributed by atoms with Crippen molar-refractivity contribution in [1.29, 1.82) is 0 Å². The number of aromatic nitrogens is 2. The summed E-state index contributed by atoms with van der Waals surface area (Å²) in [5.41, 5.74) is 0.938. The topological polar surface area (TPSA) is 39.1 Å². The van der Waals surface area contributed by atoms with Crippen molar-refractivity contribution in [2.45, 2.75) is 51.6 Å². The van der Waals surface area contributed by atoms with Gasteiger partial charge in [0, 0.05) is 43.8 Å². The standard InChI is InChI=1S/C14H20F3N3O/c1-13(2)10(6-11(13)21-3)20-9-4-5-18-7-8(9)19-12(20)14(15,16)17/h10-11,18H,4-7H2,1-3H3. The molecular formula is C14H20F3N3O. The first kappa shape index (κ1) is 14.8. The fourth-order valence-corrected chi connectivity index (χ4v) is 3.57. The van der Waals surface area contributed by atoms with Crippen LogP contribution < -0.4 is 5.32 Å². The fraction of sp³-hybridized carbons (Fsp3) is 0.786. The Morgan fingerprint density at radius 2 is 2.10 bits per heavy atom. The summed E-state index contributed by atoms with van der Waals surface area (Å²) in [5.74, 6) is -0.760. The number of nitrogens with zero attached hydrogens (tertiary/aromatic N) is 2. The van der Waals surface area contributed by atoms with E-state index < -0.39 is 12.0 Å². The highest BCUT2D eigenvalue weighted by Gasteiger charge is 2.53. The van der Waals surface area contributed by atoms with Crippen LogP contribution in [0, 0.1) is 5.41 Å². The Kier molecular flexibility index (Phi) is 3.33. The molecule has 0 saturated heterocycles. The van der Waals surface area contributed by atoms with Crippen molar-refractivity contribution in [3.8, 4) is 0 Å². The molecule has 2 unspecified atom stereocenters. The van der Waals surface area contributed by atoms with Crippen molar-refractivity contribution in [1.82, 2.24) is 14.9 Å². The molecule has 0 spiro atoms. The summed E-state index contributed by atoms with van der Waals surface area (Å²) in [4.78, 5) is 3.88. The lowest BCUT2D eigenvalue weighted by Gasteiger charge is -2.52. The van der Waals surface area contributed by atoms with Crippen LogP contribution in [0.15, 0.2) is 0 Å². The van der Waals surface area contributed by atoms with E-state index in [0.717, 1.165) is 5.69 Å². The first-order chi connectivity index (χ1) is 9.76. The summed E-state index contributed by atoms with van der Waals surface area (Å²) in [5, 5.41) is 3.08. The summed E-state index contributed by atoms with van der Waals surface area (Å²) >= 11 is 0. The van der Waals surface area contributed by atoms with E-state index in [2.05, 4.69) is 10.3 Å². The second-order valence-electron chi connectivity index (χ2n) is 6.42. The molecule has 1 aromatic heterocycles. The van der Waals surface area contributed by atoms with Gasteiger partial charge in [0.2, 0.25) is 5.82 Å². The smallest absolute Gasteiger partial charge is 0.381 e. The van der Waals surface area contributed by atoms with Crippen molar-refractivity contribution in [3.63, 3.8) is 0 Å². The lowest BCUT2D eigenvalue weighted by molar-refractivity contribution is -0.159. The van der Waals surface area contributed by atoms with Gasteiger partial charge in [-0.2, -0.15) is 13.2 Å². The van der Waals surface area contributed by atoms with Crippen LogP contribution in [-0.2, 0) is 23.9 Å². The third-order valence-corrected chi connectivity index (χ3v) is 4.90. The van der Waals surface area contributed by atoms with Gasteiger partial charge in [0.05, 0.1) is 11.8 Å². The first-order valence-corrected chi connectivity index (χ1v) is 7.17. The molecule has 1 aliphatic heterocycles. The van der Waals surface area contributed by atoms with Crippen LogP contribution in [0.4, 0.5) is 13.2 Å². The molecule has 2 aliphatic rings. The monoisotopic (exact) mass is 303 g/mol. The Hall–Kier alpha value is -1.08. The summed E-state index contributed by atoms with van der Waals surface area (Å²) in [6.45, 7) is 5.02. The maximum absolute atomic E-state index is 13.4. The van der Waals surface area contributed by atoms with Crippen LogP contribution >= 0.6 is 0 Å². The molecule has 3 rings (SSSR count). The zero-order valence-electron chi connectivity index (χ0n) is 12.4. The number of rotatable bonds is 2. The molecule has 2 heterocycles. The Bertz CT molecular complexity index is 550. The SMILES string of the molecule is COC1CC(n2c(C(F)(F)F)nc3c2CCNC3)C1(C)C. The van der Waals surface area contributed by atoms with E-state index in [1.165, 1.54) is 4.57 Å². The number of fused-ring (bicyclic) bond motifs is 1. The van der Waals surface area contributed by atoms with Crippen LogP contribution in [0.25, 0.3) is 0 Å². The molecule has 1 aromatic rings. The maximum Gasteiger partial charge on any atom is 0.449 e. The molecule has 1 fully saturated rings. The fourth-order valence-electron chi connectivity index (χ4n) is 3.57. The molecule has 4 nitrogen and oxygen atoms in total. The number of ether oxygens (including phenoxy) is 1. The van der Waals surface area contributed by atoms with Gasteiger partial charge in [0.15, 0.2) is 0 Å². The number of methoxy groups -OCH3 is 1. The quantitative estimate of drug-likeness (QED) is 0.912. The van der Waals surface area contributed by atoms with E-state index in [1.54, 1.807) is 7.11 Å². The van der Waals surface area contributed by atoms with E-state index in [0.29, 0.717) is 31.6 Å². The Morgan fingerprint density at radius 3 is 2.67 bits per heavy atom. The van der Waals surface area contributed by atoms with Gasteiger partial charge in [-0.3, -0.25) is 0 Å². The summed E-state index contributed by atoms with van der Waals surface area (Å²) in [6, 6.07) is -0.214. The van der Waals surface area contributed by atoms with E-state index in [-0.39, 0.29) is 17.6 Å². The number of halogens is 3. The summed E-state index contributed by atoms with van der Waals surface area (Å²) in [7, 11) is 1.61. The molecule has 0 bridgehead atoms. The minimum Gasteiger partial charge on any atom is -0.381 e. The molecule has 1 N–H and O–H groups in total. The van der Waals surface area contributed by atoms with Crippen LogP contribution in [-0.4, -0.2) is 29.3 Å². The second-order valence-corrected chi connectivity index (χ2v) is 6.42. The van der Waals surface area contributed by atoms with Crippen LogP contribution in [0.1, 0.15) is 43.5 Å². The molecule has 0 amide bonds. The van der Waals surface area contributed by atoms with Crippen LogP contribution in [0.2, 0.25) is 0 Å². The van der Waals surface area contributed by atoms with E-state index >= 15 is 0 Å². The van der Waals surface area contributed by atoms with E-state index in [9.17, 15) is 13.2 Å². The van der Waals surface area contributed by atoms with Gasteiger partial charge in [-0.15, -0.1) is 0 Å². The average molecular weight is 303 g/mol.